The van der Waals surface area contributed by atoms with Crippen LogP contribution in [0.3, 0.4) is 0 Å². The lowest BCUT2D eigenvalue weighted by atomic mass is 9.73. The van der Waals surface area contributed by atoms with Crippen molar-refractivity contribution in [1.29, 1.82) is 0 Å². The minimum Gasteiger partial charge on any atom is -0.313 e. The normalized spacial score (nSPS) is 27.3. The number of halogens is 3. The molecular formula is C16H30F3N. The van der Waals surface area contributed by atoms with Gasteiger partial charge < -0.3 is 5.32 Å². The summed E-state index contributed by atoms with van der Waals surface area (Å²) in [4.78, 5) is 0. The molecule has 1 nitrogen and oxygen atoms in total. The summed E-state index contributed by atoms with van der Waals surface area (Å²) in [6, 6.07) is 0.250. The van der Waals surface area contributed by atoms with Gasteiger partial charge in [0.15, 0.2) is 0 Å². The molecule has 0 heterocycles. The van der Waals surface area contributed by atoms with Crippen LogP contribution in [-0.2, 0) is 0 Å². The van der Waals surface area contributed by atoms with Crippen LogP contribution in [0, 0.1) is 17.8 Å². The molecule has 0 bridgehead atoms. The van der Waals surface area contributed by atoms with E-state index in [2.05, 4.69) is 26.1 Å². The summed E-state index contributed by atoms with van der Waals surface area (Å²) in [5.41, 5.74) is 0. The molecule has 0 radical (unpaired) electrons. The van der Waals surface area contributed by atoms with Crippen molar-refractivity contribution in [3.8, 4) is 0 Å². The fourth-order valence-electron chi connectivity index (χ4n) is 3.63. The lowest BCUT2D eigenvalue weighted by molar-refractivity contribution is -0.187. The van der Waals surface area contributed by atoms with Crippen molar-refractivity contribution in [2.75, 3.05) is 6.54 Å². The topological polar surface area (TPSA) is 12.0 Å². The lowest BCUT2D eigenvalue weighted by Crippen LogP contribution is -2.45. The SMILES string of the molecule is CCCNC(C(C)CCC)C1CCCC(C(F)(F)F)C1. The molecule has 0 amide bonds. The second-order valence-corrected chi connectivity index (χ2v) is 6.41. The van der Waals surface area contributed by atoms with Crippen molar-refractivity contribution in [1.82, 2.24) is 5.32 Å². The molecule has 1 saturated carbocycles. The third-order valence-electron chi connectivity index (χ3n) is 4.67. The third kappa shape index (κ3) is 5.27. The van der Waals surface area contributed by atoms with Gasteiger partial charge in [0, 0.05) is 6.04 Å². The summed E-state index contributed by atoms with van der Waals surface area (Å²) in [5, 5.41) is 3.53. The van der Waals surface area contributed by atoms with Crippen molar-refractivity contribution >= 4 is 0 Å². The Hall–Kier alpha value is -0.250. The monoisotopic (exact) mass is 293 g/mol. The van der Waals surface area contributed by atoms with Crippen LogP contribution in [0.2, 0.25) is 0 Å². The Balaban J connectivity index is 2.68. The van der Waals surface area contributed by atoms with Crippen molar-refractivity contribution in [3.63, 3.8) is 0 Å². The standard InChI is InChI=1S/C16H30F3N/c1-4-7-12(3)15(20-10-5-2)13-8-6-9-14(11-13)16(17,18)19/h12-15,20H,4-11H2,1-3H3. The smallest absolute Gasteiger partial charge is 0.313 e. The van der Waals surface area contributed by atoms with Crippen LogP contribution in [0.15, 0.2) is 0 Å². The average molecular weight is 293 g/mol. The maximum Gasteiger partial charge on any atom is 0.391 e. The molecule has 0 aromatic rings. The molecule has 1 aliphatic carbocycles. The number of hydrogen-bond acceptors (Lipinski definition) is 1. The van der Waals surface area contributed by atoms with Gasteiger partial charge in [-0.2, -0.15) is 13.2 Å². The molecule has 0 spiro atoms. The van der Waals surface area contributed by atoms with Crippen LogP contribution in [0.4, 0.5) is 13.2 Å². The number of nitrogens with one attached hydrogen (secondary N) is 1. The van der Waals surface area contributed by atoms with Gasteiger partial charge >= 0.3 is 6.18 Å². The van der Waals surface area contributed by atoms with Crippen LogP contribution in [0.5, 0.6) is 0 Å². The van der Waals surface area contributed by atoms with E-state index in [4.69, 9.17) is 0 Å². The molecule has 0 aromatic carbocycles. The van der Waals surface area contributed by atoms with Crippen LogP contribution < -0.4 is 5.32 Å². The number of hydrogen-bond donors (Lipinski definition) is 1. The molecule has 1 aliphatic rings. The maximum atomic E-state index is 13.0. The molecule has 0 aromatic heterocycles. The Bertz CT molecular complexity index is 265. The van der Waals surface area contributed by atoms with Gasteiger partial charge in [-0.05, 0) is 50.5 Å². The van der Waals surface area contributed by atoms with Gasteiger partial charge in [-0.3, -0.25) is 0 Å². The van der Waals surface area contributed by atoms with E-state index in [1.54, 1.807) is 0 Å². The average Bonchev–Trinajstić information content (AvgIpc) is 2.39. The highest BCUT2D eigenvalue weighted by molar-refractivity contribution is 4.87. The minimum atomic E-state index is -4.01. The van der Waals surface area contributed by atoms with Crippen LogP contribution in [-0.4, -0.2) is 18.8 Å². The zero-order chi connectivity index (χ0) is 15.2. The second-order valence-electron chi connectivity index (χ2n) is 6.41. The molecule has 20 heavy (non-hydrogen) atoms. The van der Waals surface area contributed by atoms with E-state index >= 15 is 0 Å². The van der Waals surface area contributed by atoms with Crippen molar-refractivity contribution in [3.05, 3.63) is 0 Å². The summed E-state index contributed by atoms with van der Waals surface area (Å²) >= 11 is 0. The number of rotatable bonds is 7. The summed E-state index contributed by atoms with van der Waals surface area (Å²) in [7, 11) is 0. The minimum absolute atomic E-state index is 0.184. The predicted octanol–water partition coefficient (Wildman–Crippen LogP) is 5.16. The summed E-state index contributed by atoms with van der Waals surface area (Å²) in [5.74, 6) is -0.437. The highest BCUT2D eigenvalue weighted by atomic mass is 19.4. The molecular weight excluding hydrogens is 263 g/mol. The zero-order valence-corrected chi connectivity index (χ0v) is 13.1. The lowest BCUT2D eigenvalue weighted by Gasteiger charge is -2.38. The van der Waals surface area contributed by atoms with Crippen LogP contribution in [0.25, 0.3) is 0 Å². The highest BCUT2D eigenvalue weighted by Gasteiger charge is 2.44. The van der Waals surface area contributed by atoms with Gasteiger partial charge in [-0.15, -0.1) is 0 Å². The molecule has 4 heteroatoms. The van der Waals surface area contributed by atoms with E-state index in [1.165, 1.54) is 0 Å². The van der Waals surface area contributed by atoms with Gasteiger partial charge in [0.1, 0.15) is 0 Å². The predicted molar refractivity (Wildman–Crippen MR) is 77.7 cm³/mol. The van der Waals surface area contributed by atoms with Crippen molar-refractivity contribution in [2.45, 2.75) is 77.9 Å². The first-order valence-electron chi connectivity index (χ1n) is 8.20. The fraction of sp³-hybridized carbons (Fsp3) is 1.00. The van der Waals surface area contributed by atoms with E-state index in [0.29, 0.717) is 18.8 Å². The van der Waals surface area contributed by atoms with Crippen LogP contribution in [0.1, 0.15) is 65.7 Å². The van der Waals surface area contributed by atoms with E-state index < -0.39 is 12.1 Å². The Labute approximate surface area is 121 Å². The molecule has 0 aliphatic heterocycles. The second kappa shape index (κ2) is 8.26. The highest BCUT2D eigenvalue weighted by Crippen LogP contribution is 2.42. The Morgan fingerprint density at radius 2 is 1.85 bits per heavy atom. The largest absolute Gasteiger partial charge is 0.391 e. The molecule has 4 unspecified atom stereocenters. The first-order chi connectivity index (χ1) is 9.40. The number of alkyl halides is 3. The van der Waals surface area contributed by atoms with E-state index in [0.717, 1.165) is 38.6 Å². The zero-order valence-electron chi connectivity index (χ0n) is 13.1. The fourth-order valence-corrected chi connectivity index (χ4v) is 3.63. The first-order valence-corrected chi connectivity index (χ1v) is 8.20. The molecule has 1 N–H and O–H groups in total. The Morgan fingerprint density at radius 1 is 1.15 bits per heavy atom. The van der Waals surface area contributed by atoms with Gasteiger partial charge in [-0.1, -0.05) is 33.6 Å². The molecule has 1 fully saturated rings. The summed E-state index contributed by atoms with van der Waals surface area (Å²) in [6.07, 6.45) is 1.52. The first kappa shape index (κ1) is 17.8. The van der Waals surface area contributed by atoms with Crippen LogP contribution >= 0.6 is 0 Å². The summed E-state index contributed by atoms with van der Waals surface area (Å²) < 4.78 is 38.9. The van der Waals surface area contributed by atoms with Crippen molar-refractivity contribution < 1.29 is 13.2 Å². The maximum absolute atomic E-state index is 13.0. The molecule has 0 saturated heterocycles. The summed E-state index contributed by atoms with van der Waals surface area (Å²) in [6.45, 7) is 7.35. The van der Waals surface area contributed by atoms with Crippen molar-refractivity contribution in [2.24, 2.45) is 17.8 Å². The van der Waals surface area contributed by atoms with Gasteiger partial charge in [-0.25, -0.2) is 0 Å². The van der Waals surface area contributed by atoms with E-state index in [9.17, 15) is 13.2 Å². The van der Waals surface area contributed by atoms with E-state index in [1.807, 2.05) is 0 Å². The van der Waals surface area contributed by atoms with Gasteiger partial charge in [0.05, 0.1) is 5.92 Å². The molecule has 1 rings (SSSR count). The van der Waals surface area contributed by atoms with Gasteiger partial charge in [0.25, 0.3) is 0 Å². The Kier molecular flexibility index (Phi) is 7.35. The van der Waals surface area contributed by atoms with E-state index in [-0.39, 0.29) is 12.0 Å². The molecule has 120 valence electrons. The Morgan fingerprint density at radius 3 is 2.40 bits per heavy atom. The van der Waals surface area contributed by atoms with Gasteiger partial charge in [0.2, 0.25) is 0 Å². The quantitative estimate of drug-likeness (QED) is 0.683. The third-order valence-corrected chi connectivity index (χ3v) is 4.67. The molecule has 4 atom stereocenters.